The van der Waals surface area contributed by atoms with Gasteiger partial charge in [-0.25, -0.2) is 4.99 Å². The number of aromatic nitrogens is 1. The predicted molar refractivity (Wildman–Crippen MR) is 174 cm³/mol. The number of para-hydroxylation sites is 1. The maximum absolute atomic E-state index is 14.0. The second-order valence-corrected chi connectivity index (χ2v) is 12.0. The third-order valence-electron chi connectivity index (χ3n) is 6.47. The van der Waals surface area contributed by atoms with Crippen LogP contribution in [0.1, 0.15) is 31.0 Å². The molecule has 214 valence electrons. The minimum atomic E-state index is -0.684. The number of thiazole rings is 1. The van der Waals surface area contributed by atoms with E-state index in [-0.39, 0.29) is 11.5 Å². The molecule has 1 N–H and O–H groups in total. The zero-order valence-electron chi connectivity index (χ0n) is 22.9. The molecule has 4 aromatic rings. The van der Waals surface area contributed by atoms with E-state index >= 15 is 0 Å². The Morgan fingerprint density at radius 2 is 1.79 bits per heavy atom. The first kappa shape index (κ1) is 29.8. The summed E-state index contributed by atoms with van der Waals surface area (Å²) < 4.78 is 14.9. The maximum atomic E-state index is 14.0. The molecule has 1 aliphatic rings. The van der Waals surface area contributed by atoms with Gasteiger partial charge in [-0.1, -0.05) is 54.3 Å². The summed E-state index contributed by atoms with van der Waals surface area (Å²) in [7, 11) is 0. The van der Waals surface area contributed by atoms with Gasteiger partial charge in [-0.3, -0.25) is 14.2 Å². The molecule has 10 heteroatoms. The molecule has 1 amide bonds. The zero-order chi connectivity index (χ0) is 29.8. The minimum absolute atomic E-state index is 0.241. The van der Waals surface area contributed by atoms with E-state index in [0.29, 0.717) is 51.0 Å². The number of hydrogen-bond donors (Lipinski definition) is 1. The highest BCUT2D eigenvalue weighted by Gasteiger charge is 2.32. The molecule has 2 heterocycles. The molecular weight excluding hydrogens is 682 g/mol. The number of carbonyl (C=O) groups is 1. The summed E-state index contributed by atoms with van der Waals surface area (Å²) in [6.07, 6.45) is 3.49. The van der Waals surface area contributed by atoms with E-state index in [1.54, 1.807) is 17.6 Å². The van der Waals surface area contributed by atoms with E-state index in [1.165, 1.54) is 11.3 Å². The topological polar surface area (TPSA) is 81.9 Å². The van der Waals surface area contributed by atoms with Crippen molar-refractivity contribution in [3.05, 3.63) is 130 Å². The van der Waals surface area contributed by atoms with Gasteiger partial charge in [0, 0.05) is 5.69 Å². The van der Waals surface area contributed by atoms with Crippen molar-refractivity contribution >= 4 is 60.9 Å². The fourth-order valence-corrected chi connectivity index (χ4v) is 7.15. The Kier molecular flexibility index (Phi) is 9.25. The number of halogens is 2. The fourth-order valence-electron chi connectivity index (χ4n) is 4.65. The second kappa shape index (κ2) is 13.1. The lowest BCUT2D eigenvalue weighted by atomic mass is 9.95. The molecule has 0 unspecified atom stereocenters. The van der Waals surface area contributed by atoms with Crippen LogP contribution in [-0.2, 0) is 4.79 Å². The first-order valence-electron chi connectivity index (χ1n) is 13.1. The third kappa shape index (κ3) is 6.21. The SMILES string of the molecule is C=CCOc1c(Br)cc(/C=c2\sc3n(c2=O)[C@@H](c2ccc(OCC)cc2)C(C(=O)Nc2ccccc2)=C(C)N=3)cc1Br. The predicted octanol–water partition coefficient (Wildman–Crippen LogP) is 6.36. The standard InChI is InChI=1S/C32H27Br2N3O4S/c1-4-15-41-29-24(33)16-20(17-25(29)34)18-26-31(39)37-28(21-11-13-23(14-12-21)40-5-2)27(19(3)35-32(37)42-26)30(38)36-22-9-7-6-8-10-22/h4,6-14,16-18,28H,1,5,15H2,2-3H3,(H,36,38)/b26-18-/t28-/m0/s1. The molecule has 0 fully saturated rings. The zero-order valence-corrected chi connectivity index (χ0v) is 26.9. The number of nitrogens with one attached hydrogen (secondary N) is 1. The summed E-state index contributed by atoms with van der Waals surface area (Å²) in [6, 6.07) is 19.8. The minimum Gasteiger partial charge on any atom is -0.494 e. The monoisotopic (exact) mass is 707 g/mol. The van der Waals surface area contributed by atoms with Gasteiger partial charge < -0.3 is 14.8 Å². The average Bonchev–Trinajstić information content (AvgIpc) is 3.27. The van der Waals surface area contributed by atoms with Crippen LogP contribution >= 0.6 is 43.2 Å². The summed E-state index contributed by atoms with van der Waals surface area (Å²) in [5.74, 6) is 1.04. The number of rotatable bonds is 9. The molecule has 1 aliphatic heterocycles. The lowest BCUT2D eigenvalue weighted by Gasteiger charge is -2.25. The Balaban J connectivity index is 1.63. The van der Waals surface area contributed by atoms with Crippen LogP contribution in [0.4, 0.5) is 5.69 Å². The summed E-state index contributed by atoms with van der Waals surface area (Å²) in [6.45, 7) is 8.31. The summed E-state index contributed by atoms with van der Waals surface area (Å²) >= 11 is 8.41. The normalized spacial score (nSPS) is 14.7. The number of carbonyl (C=O) groups excluding carboxylic acids is 1. The van der Waals surface area contributed by atoms with Gasteiger partial charge in [0.25, 0.3) is 11.5 Å². The summed E-state index contributed by atoms with van der Waals surface area (Å²) in [5, 5.41) is 2.97. The van der Waals surface area contributed by atoms with Crippen LogP contribution in [0.2, 0.25) is 0 Å². The highest BCUT2D eigenvalue weighted by molar-refractivity contribution is 9.11. The van der Waals surface area contributed by atoms with Crippen molar-refractivity contribution in [2.75, 3.05) is 18.5 Å². The van der Waals surface area contributed by atoms with Gasteiger partial charge >= 0.3 is 0 Å². The number of nitrogens with zero attached hydrogens (tertiary/aromatic N) is 2. The van der Waals surface area contributed by atoms with Crippen LogP contribution in [0.3, 0.4) is 0 Å². The van der Waals surface area contributed by atoms with Gasteiger partial charge in [-0.2, -0.15) is 0 Å². The smallest absolute Gasteiger partial charge is 0.271 e. The Labute approximate surface area is 263 Å². The van der Waals surface area contributed by atoms with E-state index in [4.69, 9.17) is 14.5 Å². The quantitative estimate of drug-likeness (QED) is 0.205. The van der Waals surface area contributed by atoms with E-state index in [0.717, 1.165) is 20.1 Å². The largest absolute Gasteiger partial charge is 0.494 e. The number of ether oxygens (including phenoxy) is 2. The molecule has 0 spiro atoms. The van der Waals surface area contributed by atoms with Crippen LogP contribution in [0.5, 0.6) is 11.5 Å². The lowest BCUT2D eigenvalue weighted by molar-refractivity contribution is -0.113. The van der Waals surface area contributed by atoms with Gasteiger partial charge in [0.2, 0.25) is 0 Å². The van der Waals surface area contributed by atoms with Crippen molar-refractivity contribution in [3.63, 3.8) is 0 Å². The van der Waals surface area contributed by atoms with Crippen molar-refractivity contribution in [1.29, 1.82) is 0 Å². The molecule has 3 aromatic carbocycles. The van der Waals surface area contributed by atoms with Crippen LogP contribution < -0.4 is 29.7 Å². The van der Waals surface area contributed by atoms with Gasteiger partial charge in [-0.15, -0.1) is 0 Å². The lowest BCUT2D eigenvalue weighted by Crippen LogP contribution is -2.40. The van der Waals surface area contributed by atoms with Crippen LogP contribution in [-0.4, -0.2) is 23.7 Å². The molecule has 0 bridgehead atoms. The number of fused-ring (bicyclic) bond motifs is 1. The summed E-state index contributed by atoms with van der Waals surface area (Å²) in [5.41, 5.74) is 2.92. The molecule has 42 heavy (non-hydrogen) atoms. The van der Waals surface area contributed by atoms with Crippen molar-refractivity contribution in [2.24, 2.45) is 4.99 Å². The van der Waals surface area contributed by atoms with Crippen LogP contribution in [0, 0.1) is 0 Å². The van der Waals surface area contributed by atoms with E-state index < -0.39 is 6.04 Å². The molecule has 1 atom stereocenters. The Morgan fingerprint density at radius 3 is 2.43 bits per heavy atom. The molecular formula is C32H27Br2N3O4S. The van der Waals surface area contributed by atoms with Gasteiger partial charge in [0.1, 0.15) is 18.1 Å². The van der Waals surface area contributed by atoms with Crippen LogP contribution in [0.25, 0.3) is 6.08 Å². The maximum Gasteiger partial charge on any atom is 0.271 e. The van der Waals surface area contributed by atoms with E-state index in [9.17, 15) is 9.59 Å². The summed E-state index contributed by atoms with van der Waals surface area (Å²) in [4.78, 5) is 33.0. The van der Waals surface area contributed by atoms with Crippen molar-refractivity contribution in [1.82, 2.24) is 4.57 Å². The second-order valence-electron chi connectivity index (χ2n) is 9.32. The molecule has 0 saturated heterocycles. The van der Waals surface area contributed by atoms with E-state index in [1.807, 2.05) is 79.7 Å². The number of allylic oxidation sites excluding steroid dienone is 1. The average molecular weight is 709 g/mol. The highest BCUT2D eigenvalue weighted by Crippen LogP contribution is 2.35. The first-order valence-corrected chi connectivity index (χ1v) is 15.6. The molecule has 0 aliphatic carbocycles. The van der Waals surface area contributed by atoms with E-state index in [2.05, 4.69) is 43.8 Å². The van der Waals surface area contributed by atoms with Crippen molar-refractivity contribution < 1.29 is 14.3 Å². The number of amides is 1. The number of benzene rings is 3. The Hall–Kier alpha value is -3.73. The molecule has 7 nitrogen and oxygen atoms in total. The molecule has 0 saturated carbocycles. The molecule has 5 rings (SSSR count). The Morgan fingerprint density at radius 1 is 1.10 bits per heavy atom. The molecule has 1 aromatic heterocycles. The van der Waals surface area contributed by atoms with Crippen molar-refractivity contribution in [3.8, 4) is 11.5 Å². The highest BCUT2D eigenvalue weighted by atomic mass is 79.9. The fraction of sp³-hybridized carbons (Fsp3) is 0.156. The van der Waals surface area contributed by atoms with Gasteiger partial charge in [0.15, 0.2) is 4.80 Å². The first-order chi connectivity index (χ1) is 20.3. The number of hydrogen-bond acceptors (Lipinski definition) is 6. The van der Waals surface area contributed by atoms with Gasteiger partial charge in [-0.05, 0) is 99.3 Å². The van der Waals surface area contributed by atoms with Crippen LogP contribution in [0.15, 0.2) is 109 Å². The Bertz CT molecular complexity index is 1840. The third-order valence-corrected chi connectivity index (χ3v) is 8.63. The molecule has 0 radical (unpaired) electrons. The van der Waals surface area contributed by atoms with Crippen molar-refractivity contribution in [2.45, 2.75) is 19.9 Å². The van der Waals surface area contributed by atoms with Gasteiger partial charge in [0.05, 0.1) is 37.4 Å². The number of anilines is 1.